The van der Waals surface area contributed by atoms with Crippen LogP contribution in [0, 0.1) is 6.92 Å². The van der Waals surface area contributed by atoms with Gasteiger partial charge in [0.2, 0.25) is 0 Å². The van der Waals surface area contributed by atoms with Crippen LogP contribution < -0.4 is 0 Å². The molecule has 21 heavy (non-hydrogen) atoms. The highest BCUT2D eigenvalue weighted by atomic mass is 19.4. The Labute approximate surface area is 121 Å². The Kier molecular flexibility index (Phi) is 4.34. The van der Waals surface area contributed by atoms with Crippen molar-refractivity contribution in [2.45, 2.75) is 45.7 Å². The van der Waals surface area contributed by atoms with E-state index in [1.165, 1.54) is 6.07 Å². The normalized spacial score (nSPS) is 14.6. The van der Waals surface area contributed by atoms with E-state index < -0.39 is 11.7 Å². The van der Waals surface area contributed by atoms with Crippen molar-refractivity contribution in [2.75, 3.05) is 0 Å². The third-order valence-corrected chi connectivity index (χ3v) is 3.18. The van der Waals surface area contributed by atoms with Crippen LogP contribution in [0.2, 0.25) is 0 Å². The van der Waals surface area contributed by atoms with Gasteiger partial charge in [-0.15, -0.1) is 0 Å². The third kappa shape index (κ3) is 3.25. The molecule has 1 saturated carbocycles. The molecule has 0 amide bonds. The van der Waals surface area contributed by atoms with Crippen LogP contribution in [0.5, 0.6) is 0 Å². The highest BCUT2D eigenvalue weighted by Crippen LogP contribution is 2.45. The number of nitrogens with zero attached hydrogens (tertiary/aromatic N) is 2. The maximum absolute atomic E-state index is 12.5. The lowest BCUT2D eigenvalue weighted by atomic mass is 10.1. The molecule has 1 aliphatic carbocycles. The molecule has 0 aromatic carbocycles. The minimum absolute atomic E-state index is 0.334. The van der Waals surface area contributed by atoms with Crippen molar-refractivity contribution in [1.29, 1.82) is 0 Å². The Balaban J connectivity index is 0.000000774. The van der Waals surface area contributed by atoms with Gasteiger partial charge >= 0.3 is 6.18 Å². The average Bonchev–Trinajstić information content (AvgIpc) is 3.23. The molecular formula is C15H17F3N2O. The van der Waals surface area contributed by atoms with E-state index in [2.05, 4.69) is 10.1 Å². The second-order valence-electron chi connectivity index (χ2n) is 4.71. The highest BCUT2D eigenvalue weighted by Gasteiger charge is 2.34. The molecule has 0 radical (unpaired) electrons. The molecule has 0 aliphatic heterocycles. The van der Waals surface area contributed by atoms with Gasteiger partial charge in [-0.2, -0.15) is 13.2 Å². The topological polar surface area (TPSA) is 38.9 Å². The van der Waals surface area contributed by atoms with Crippen LogP contribution in [-0.4, -0.2) is 10.1 Å². The zero-order valence-corrected chi connectivity index (χ0v) is 12.2. The molecule has 3 nitrogen and oxygen atoms in total. The van der Waals surface area contributed by atoms with Gasteiger partial charge in [-0.25, -0.2) is 0 Å². The molecule has 114 valence electrons. The lowest BCUT2D eigenvalue weighted by Crippen LogP contribution is -2.05. The Hall–Kier alpha value is -1.85. The molecule has 3 rings (SSSR count). The summed E-state index contributed by atoms with van der Waals surface area (Å²) in [5, 5.41) is 3.89. The van der Waals surface area contributed by atoms with Crippen molar-refractivity contribution in [3.63, 3.8) is 0 Å². The summed E-state index contributed by atoms with van der Waals surface area (Å²) in [6.07, 6.45) is -1.46. The van der Waals surface area contributed by atoms with E-state index in [1.807, 2.05) is 13.8 Å². The zero-order chi connectivity index (χ0) is 15.6. The molecular weight excluding hydrogens is 281 g/mol. The van der Waals surface area contributed by atoms with Gasteiger partial charge in [-0.1, -0.05) is 19.0 Å². The minimum Gasteiger partial charge on any atom is -0.360 e. The fraction of sp³-hybridized carbons (Fsp3) is 0.467. The predicted octanol–water partition coefficient (Wildman–Crippen LogP) is 4.97. The molecule has 2 heterocycles. The second-order valence-corrected chi connectivity index (χ2v) is 4.71. The molecule has 6 heteroatoms. The molecule has 0 saturated heterocycles. The summed E-state index contributed by atoms with van der Waals surface area (Å²) in [4.78, 5) is 3.90. The van der Waals surface area contributed by atoms with Crippen molar-refractivity contribution in [3.8, 4) is 11.3 Å². The van der Waals surface area contributed by atoms with E-state index in [4.69, 9.17) is 4.52 Å². The molecule has 2 aromatic heterocycles. The van der Waals surface area contributed by atoms with Gasteiger partial charge in [0.05, 0.1) is 22.5 Å². The van der Waals surface area contributed by atoms with Gasteiger partial charge in [0.25, 0.3) is 0 Å². The SMILES string of the molecule is CC.Cc1noc(C2CC2)c1-c1ccc(C(F)(F)F)cn1. The van der Waals surface area contributed by atoms with Crippen molar-refractivity contribution in [3.05, 3.63) is 35.3 Å². The summed E-state index contributed by atoms with van der Waals surface area (Å²) in [5.41, 5.74) is 1.12. The fourth-order valence-electron chi connectivity index (χ4n) is 2.03. The quantitative estimate of drug-likeness (QED) is 0.786. The highest BCUT2D eigenvalue weighted by molar-refractivity contribution is 5.65. The number of hydrogen-bond donors (Lipinski definition) is 0. The van der Waals surface area contributed by atoms with Crippen molar-refractivity contribution in [2.24, 2.45) is 0 Å². The summed E-state index contributed by atoms with van der Waals surface area (Å²) in [6, 6.07) is 2.40. The van der Waals surface area contributed by atoms with Crippen LogP contribution in [0.15, 0.2) is 22.9 Å². The Bertz CT molecular complexity index is 598. The van der Waals surface area contributed by atoms with Crippen LogP contribution in [0.4, 0.5) is 13.2 Å². The molecule has 1 fully saturated rings. The summed E-state index contributed by atoms with van der Waals surface area (Å²) in [7, 11) is 0. The van der Waals surface area contributed by atoms with E-state index in [1.54, 1.807) is 6.92 Å². The first-order valence-corrected chi connectivity index (χ1v) is 6.96. The van der Waals surface area contributed by atoms with E-state index in [0.29, 0.717) is 17.3 Å². The summed E-state index contributed by atoms with van der Waals surface area (Å²) >= 11 is 0. The van der Waals surface area contributed by atoms with E-state index in [9.17, 15) is 13.2 Å². The molecule has 0 atom stereocenters. The number of rotatable bonds is 2. The van der Waals surface area contributed by atoms with Gasteiger partial charge in [0.1, 0.15) is 5.76 Å². The predicted molar refractivity (Wildman–Crippen MR) is 72.8 cm³/mol. The molecule has 0 spiro atoms. The maximum atomic E-state index is 12.5. The van der Waals surface area contributed by atoms with Crippen LogP contribution >= 0.6 is 0 Å². The van der Waals surface area contributed by atoms with Crippen LogP contribution in [0.3, 0.4) is 0 Å². The largest absolute Gasteiger partial charge is 0.417 e. The smallest absolute Gasteiger partial charge is 0.360 e. The number of pyridine rings is 1. The fourth-order valence-corrected chi connectivity index (χ4v) is 2.03. The number of halogens is 3. The number of aromatic nitrogens is 2. The van der Waals surface area contributed by atoms with Crippen LogP contribution in [0.25, 0.3) is 11.3 Å². The van der Waals surface area contributed by atoms with E-state index >= 15 is 0 Å². The first-order chi connectivity index (χ1) is 9.97. The first-order valence-electron chi connectivity index (χ1n) is 6.96. The zero-order valence-electron chi connectivity index (χ0n) is 12.2. The minimum atomic E-state index is -4.37. The third-order valence-electron chi connectivity index (χ3n) is 3.18. The Morgan fingerprint density at radius 3 is 2.33 bits per heavy atom. The summed E-state index contributed by atoms with van der Waals surface area (Å²) < 4.78 is 42.7. The van der Waals surface area contributed by atoms with E-state index in [-0.39, 0.29) is 0 Å². The van der Waals surface area contributed by atoms with Crippen molar-refractivity contribution in [1.82, 2.24) is 10.1 Å². The van der Waals surface area contributed by atoms with Gasteiger partial charge in [-0.3, -0.25) is 4.98 Å². The average molecular weight is 298 g/mol. The Morgan fingerprint density at radius 2 is 1.86 bits per heavy atom. The monoisotopic (exact) mass is 298 g/mol. The molecule has 1 aliphatic rings. The van der Waals surface area contributed by atoms with Crippen molar-refractivity contribution >= 4 is 0 Å². The standard InChI is InChI=1S/C13H11F3N2O.C2H6/c1-7-11(12(19-18-7)8-2-3-8)10-5-4-9(6-17-10)13(14,15)16;1-2/h4-6,8H,2-3H2,1H3;1-2H3. The molecule has 0 unspecified atom stereocenters. The molecule has 2 aromatic rings. The van der Waals surface area contributed by atoms with Gasteiger partial charge in [-0.05, 0) is 31.9 Å². The first kappa shape index (κ1) is 15.5. The number of alkyl halides is 3. The van der Waals surface area contributed by atoms with Gasteiger partial charge in [0, 0.05) is 12.1 Å². The van der Waals surface area contributed by atoms with Gasteiger partial charge in [0.15, 0.2) is 0 Å². The van der Waals surface area contributed by atoms with Crippen LogP contribution in [-0.2, 0) is 6.18 Å². The number of hydrogen-bond acceptors (Lipinski definition) is 3. The summed E-state index contributed by atoms with van der Waals surface area (Å²) in [6.45, 7) is 5.77. The molecule has 0 bridgehead atoms. The van der Waals surface area contributed by atoms with Gasteiger partial charge < -0.3 is 4.52 Å². The Morgan fingerprint density at radius 1 is 1.19 bits per heavy atom. The van der Waals surface area contributed by atoms with E-state index in [0.717, 1.165) is 36.4 Å². The van der Waals surface area contributed by atoms with Crippen LogP contribution in [0.1, 0.15) is 49.6 Å². The summed E-state index contributed by atoms with van der Waals surface area (Å²) in [5.74, 6) is 1.07. The lowest BCUT2D eigenvalue weighted by Gasteiger charge is -2.07. The second kappa shape index (κ2) is 5.87. The molecule has 0 N–H and O–H groups in total. The number of aryl methyl sites for hydroxylation is 1. The van der Waals surface area contributed by atoms with Crippen molar-refractivity contribution < 1.29 is 17.7 Å². The maximum Gasteiger partial charge on any atom is 0.417 e. The lowest BCUT2D eigenvalue weighted by molar-refractivity contribution is -0.137.